The number of allylic oxidation sites excluding steroid dienone is 2. The van der Waals surface area contributed by atoms with Gasteiger partial charge in [-0.2, -0.15) is 10.5 Å². The molecule has 0 unspecified atom stereocenters. The second-order valence-electron chi connectivity index (χ2n) is 3.29. The Labute approximate surface area is 107 Å². The summed E-state index contributed by atoms with van der Waals surface area (Å²) < 4.78 is 0. The lowest BCUT2D eigenvalue weighted by Gasteiger charge is -2.02. The van der Waals surface area contributed by atoms with Crippen molar-refractivity contribution in [3.8, 4) is 12.1 Å². The Kier molecular flexibility index (Phi) is 10.5. The van der Waals surface area contributed by atoms with E-state index in [0.29, 0.717) is 9.81 Å². The van der Waals surface area contributed by atoms with Gasteiger partial charge in [-0.3, -0.25) is 0 Å². The van der Waals surface area contributed by atoms with Crippen LogP contribution >= 0.6 is 23.5 Å². The molecule has 2 nitrogen and oxygen atoms in total. The maximum Gasteiger partial charge on any atom is 0.109 e. The highest BCUT2D eigenvalue weighted by Crippen LogP contribution is 2.28. The van der Waals surface area contributed by atoms with Gasteiger partial charge in [0, 0.05) is 0 Å². The van der Waals surface area contributed by atoms with Gasteiger partial charge in [0.25, 0.3) is 0 Å². The molecule has 88 valence electrons. The molecule has 0 aliphatic rings. The number of thioether (sulfide) groups is 2. The molecule has 0 aromatic heterocycles. The molecule has 0 spiro atoms. The predicted molar refractivity (Wildman–Crippen MR) is 73.0 cm³/mol. The number of hydrogen-bond acceptors (Lipinski definition) is 4. The summed E-state index contributed by atoms with van der Waals surface area (Å²) in [7, 11) is 0. The molecule has 0 aliphatic carbocycles. The van der Waals surface area contributed by atoms with Crippen molar-refractivity contribution in [2.45, 2.75) is 39.5 Å². The van der Waals surface area contributed by atoms with Crippen molar-refractivity contribution in [2.24, 2.45) is 0 Å². The Morgan fingerprint density at radius 2 is 1.25 bits per heavy atom. The van der Waals surface area contributed by atoms with Gasteiger partial charge in [0.15, 0.2) is 0 Å². The maximum absolute atomic E-state index is 8.99. The van der Waals surface area contributed by atoms with E-state index in [2.05, 4.69) is 26.0 Å². The van der Waals surface area contributed by atoms with Crippen molar-refractivity contribution >= 4 is 23.5 Å². The first-order valence-corrected chi connectivity index (χ1v) is 7.57. The molecule has 0 bridgehead atoms. The number of hydrogen-bond donors (Lipinski definition) is 0. The van der Waals surface area contributed by atoms with Crippen LogP contribution in [0.5, 0.6) is 0 Å². The van der Waals surface area contributed by atoms with Crippen LogP contribution in [0, 0.1) is 22.7 Å². The van der Waals surface area contributed by atoms with Crippen LogP contribution in [0.25, 0.3) is 0 Å². The van der Waals surface area contributed by atoms with E-state index in [1.165, 1.54) is 23.5 Å². The Balaban J connectivity index is 4.30. The van der Waals surface area contributed by atoms with Crippen molar-refractivity contribution in [3.63, 3.8) is 0 Å². The molecule has 16 heavy (non-hydrogen) atoms. The first-order chi connectivity index (χ1) is 7.79. The zero-order valence-corrected chi connectivity index (χ0v) is 11.6. The molecule has 0 N–H and O–H groups in total. The largest absolute Gasteiger partial charge is 0.192 e. The number of unbranched alkanes of at least 4 members (excludes halogenated alkanes) is 2. The third-order valence-electron chi connectivity index (χ3n) is 1.90. The third-order valence-corrected chi connectivity index (χ3v) is 4.18. The number of nitriles is 2. The molecule has 0 rings (SSSR count). The van der Waals surface area contributed by atoms with Gasteiger partial charge in [-0.25, -0.2) is 0 Å². The highest BCUT2D eigenvalue weighted by atomic mass is 32.2. The Hall–Kier alpha value is -0.580. The van der Waals surface area contributed by atoms with Crippen LogP contribution in [0.1, 0.15) is 39.5 Å². The summed E-state index contributed by atoms with van der Waals surface area (Å²) in [5.41, 5.74) is 0. The number of nitrogens with zero attached hydrogens (tertiary/aromatic N) is 2. The van der Waals surface area contributed by atoms with Crippen LogP contribution in [0.4, 0.5) is 0 Å². The van der Waals surface area contributed by atoms with Crippen molar-refractivity contribution < 1.29 is 0 Å². The van der Waals surface area contributed by atoms with Crippen LogP contribution in [0.2, 0.25) is 0 Å². The molecule has 0 saturated carbocycles. The minimum atomic E-state index is 0.594. The van der Waals surface area contributed by atoms with Crippen LogP contribution in [0.3, 0.4) is 0 Å². The highest BCUT2D eigenvalue weighted by Gasteiger charge is 2.07. The summed E-state index contributed by atoms with van der Waals surface area (Å²) >= 11 is 3.02. The topological polar surface area (TPSA) is 47.6 Å². The van der Waals surface area contributed by atoms with Crippen molar-refractivity contribution in [3.05, 3.63) is 9.81 Å². The van der Waals surface area contributed by atoms with Crippen molar-refractivity contribution in [1.82, 2.24) is 0 Å². The average Bonchev–Trinajstić information content (AvgIpc) is 2.31. The molecule has 0 amide bonds. The zero-order valence-electron chi connectivity index (χ0n) is 9.95. The van der Waals surface area contributed by atoms with E-state index in [4.69, 9.17) is 10.5 Å². The first kappa shape index (κ1) is 15.4. The van der Waals surface area contributed by atoms with Gasteiger partial charge in [-0.05, 0) is 24.3 Å². The van der Waals surface area contributed by atoms with E-state index >= 15 is 0 Å². The van der Waals surface area contributed by atoms with E-state index in [0.717, 1.165) is 37.2 Å². The molecule has 0 atom stereocenters. The summed E-state index contributed by atoms with van der Waals surface area (Å²) in [5, 5.41) is 18.0. The van der Waals surface area contributed by atoms with Gasteiger partial charge in [0.05, 0.1) is 0 Å². The van der Waals surface area contributed by atoms with Crippen molar-refractivity contribution in [2.75, 3.05) is 11.5 Å². The normalized spacial score (nSPS) is 11.5. The molecular formula is C12H18N2S2. The van der Waals surface area contributed by atoms with E-state index in [1.807, 2.05) is 0 Å². The Bertz CT molecular complexity index is 267. The minimum absolute atomic E-state index is 0.594. The monoisotopic (exact) mass is 254 g/mol. The number of rotatable bonds is 8. The minimum Gasteiger partial charge on any atom is -0.192 e. The van der Waals surface area contributed by atoms with Gasteiger partial charge in [-0.15, -0.1) is 23.5 Å². The van der Waals surface area contributed by atoms with E-state index in [-0.39, 0.29) is 0 Å². The van der Waals surface area contributed by atoms with Crippen LogP contribution in [0.15, 0.2) is 9.81 Å². The van der Waals surface area contributed by atoms with Crippen molar-refractivity contribution in [1.29, 1.82) is 10.5 Å². The molecule has 0 fully saturated rings. The van der Waals surface area contributed by atoms with Gasteiger partial charge in [0.2, 0.25) is 0 Å². The van der Waals surface area contributed by atoms with E-state index < -0.39 is 0 Å². The summed E-state index contributed by atoms with van der Waals surface area (Å²) in [4.78, 5) is 1.19. The predicted octanol–water partition coefficient (Wildman–Crippen LogP) is 4.31. The molecular weight excluding hydrogens is 236 g/mol. The average molecular weight is 254 g/mol. The van der Waals surface area contributed by atoms with Crippen LogP contribution in [-0.4, -0.2) is 11.5 Å². The van der Waals surface area contributed by atoms with Crippen LogP contribution < -0.4 is 0 Å². The molecule has 0 saturated heterocycles. The van der Waals surface area contributed by atoms with Crippen LogP contribution in [-0.2, 0) is 0 Å². The second kappa shape index (κ2) is 10.9. The standard InChI is InChI=1S/C12H18N2S2/c1-3-5-7-15-11(9-13)12(10-14)16-8-6-4-2/h3-8H2,1-2H3/b12-11-. The lowest BCUT2D eigenvalue weighted by molar-refractivity contribution is 0.897. The van der Waals surface area contributed by atoms with Gasteiger partial charge >= 0.3 is 0 Å². The molecule has 0 aliphatic heterocycles. The lowest BCUT2D eigenvalue weighted by atomic mass is 10.4. The fraction of sp³-hybridized carbons (Fsp3) is 0.667. The lowest BCUT2D eigenvalue weighted by Crippen LogP contribution is -1.86. The fourth-order valence-corrected chi connectivity index (χ4v) is 3.04. The molecule has 4 heteroatoms. The Morgan fingerprint density at radius 3 is 1.50 bits per heavy atom. The fourth-order valence-electron chi connectivity index (χ4n) is 0.934. The quantitative estimate of drug-likeness (QED) is 0.478. The second-order valence-corrected chi connectivity index (χ2v) is 5.50. The molecule has 0 aromatic carbocycles. The van der Waals surface area contributed by atoms with E-state index in [9.17, 15) is 0 Å². The maximum atomic E-state index is 8.99. The Morgan fingerprint density at radius 1 is 0.875 bits per heavy atom. The first-order valence-electron chi connectivity index (χ1n) is 5.60. The summed E-state index contributed by atoms with van der Waals surface area (Å²) in [6, 6.07) is 4.28. The summed E-state index contributed by atoms with van der Waals surface area (Å²) in [6.45, 7) is 4.25. The smallest absolute Gasteiger partial charge is 0.109 e. The highest BCUT2D eigenvalue weighted by molar-refractivity contribution is 8.07. The molecule has 0 radical (unpaired) electrons. The summed E-state index contributed by atoms with van der Waals surface area (Å²) in [5.74, 6) is 1.86. The third kappa shape index (κ3) is 6.82. The van der Waals surface area contributed by atoms with Gasteiger partial charge in [-0.1, -0.05) is 26.7 Å². The molecule has 0 heterocycles. The zero-order chi connectivity index (χ0) is 12.2. The van der Waals surface area contributed by atoms with E-state index in [1.54, 1.807) is 0 Å². The molecule has 0 aromatic rings. The summed E-state index contributed by atoms with van der Waals surface area (Å²) in [6.07, 6.45) is 4.43. The van der Waals surface area contributed by atoms with Gasteiger partial charge in [0.1, 0.15) is 21.9 Å². The van der Waals surface area contributed by atoms with Gasteiger partial charge < -0.3 is 0 Å². The SMILES string of the molecule is CCCCS/C(C#N)=C(/C#N)SCCCC.